The number of β-amino-alcohol motifs (C(OH)–C–C–N with tert-alkyl or cyclic N) is 1. The summed E-state index contributed by atoms with van der Waals surface area (Å²) in [6, 6.07) is 11.6. The fourth-order valence-corrected chi connectivity index (χ4v) is 4.04. The second-order valence-corrected chi connectivity index (χ2v) is 7.46. The third-order valence-corrected chi connectivity index (χ3v) is 5.54. The van der Waals surface area contributed by atoms with Gasteiger partial charge in [-0.1, -0.05) is 23.7 Å². The molecule has 2 aromatic carbocycles. The van der Waals surface area contributed by atoms with E-state index in [-0.39, 0.29) is 17.1 Å². The van der Waals surface area contributed by atoms with Crippen molar-refractivity contribution >= 4 is 22.6 Å². The van der Waals surface area contributed by atoms with Gasteiger partial charge >= 0.3 is 0 Å². The van der Waals surface area contributed by atoms with Crippen LogP contribution in [0.5, 0.6) is 5.75 Å². The lowest BCUT2D eigenvalue weighted by Gasteiger charge is -2.34. The van der Waals surface area contributed by atoms with Gasteiger partial charge in [0.05, 0.1) is 16.5 Å². The standard InChI is InChI=1S/C21H20ClNO4/c1-23-9-8-13(18(26)11-23)20-16(24)7-6-14-17(25)10-19(27-21(14)20)12-4-2-3-5-15(12)22/h2-7,10,13,18,24,26H,8-9,11H2,1H3/t13-,18+/m0/s1. The van der Waals surface area contributed by atoms with E-state index < -0.39 is 6.10 Å². The Balaban J connectivity index is 1.95. The van der Waals surface area contributed by atoms with Gasteiger partial charge in [-0.05, 0) is 44.3 Å². The number of likely N-dealkylation sites (N-methyl/N-ethyl adjacent to an activating group) is 1. The van der Waals surface area contributed by atoms with Gasteiger partial charge in [0.1, 0.15) is 17.1 Å². The summed E-state index contributed by atoms with van der Waals surface area (Å²) in [5.41, 5.74) is 1.19. The average Bonchev–Trinajstić information content (AvgIpc) is 2.63. The molecule has 5 nitrogen and oxygen atoms in total. The number of phenols is 1. The van der Waals surface area contributed by atoms with Crippen molar-refractivity contribution in [1.82, 2.24) is 4.90 Å². The summed E-state index contributed by atoms with van der Waals surface area (Å²) in [4.78, 5) is 14.7. The molecule has 0 bridgehead atoms. The maximum Gasteiger partial charge on any atom is 0.193 e. The lowest BCUT2D eigenvalue weighted by Crippen LogP contribution is -2.40. The van der Waals surface area contributed by atoms with Crippen molar-refractivity contribution in [1.29, 1.82) is 0 Å². The quantitative estimate of drug-likeness (QED) is 0.705. The molecule has 0 spiro atoms. The topological polar surface area (TPSA) is 73.9 Å². The van der Waals surface area contributed by atoms with Crippen LogP contribution >= 0.6 is 11.6 Å². The highest BCUT2D eigenvalue weighted by Gasteiger charge is 2.32. The zero-order valence-electron chi connectivity index (χ0n) is 14.9. The Morgan fingerprint density at radius 2 is 2.00 bits per heavy atom. The van der Waals surface area contributed by atoms with Gasteiger partial charge < -0.3 is 19.5 Å². The van der Waals surface area contributed by atoms with Crippen molar-refractivity contribution in [2.24, 2.45) is 0 Å². The molecule has 1 aliphatic rings. The number of aromatic hydroxyl groups is 1. The number of rotatable bonds is 2. The number of halogens is 1. The lowest BCUT2D eigenvalue weighted by atomic mass is 9.85. The Morgan fingerprint density at radius 1 is 1.22 bits per heavy atom. The van der Waals surface area contributed by atoms with Crippen molar-refractivity contribution in [2.45, 2.75) is 18.4 Å². The molecule has 0 radical (unpaired) electrons. The zero-order valence-corrected chi connectivity index (χ0v) is 15.6. The molecule has 0 saturated carbocycles. The molecular formula is C21H20ClNO4. The maximum atomic E-state index is 12.7. The van der Waals surface area contributed by atoms with Crippen molar-refractivity contribution in [3.05, 3.63) is 63.3 Å². The van der Waals surface area contributed by atoms with Gasteiger partial charge in [0, 0.05) is 29.7 Å². The van der Waals surface area contributed by atoms with Crippen LogP contribution < -0.4 is 5.43 Å². The van der Waals surface area contributed by atoms with E-state index in [1.807, 2.05) is 18.0 Å². The molecule has 140 valence electrons. The number of phenolic OH excluding ortho intramolecular Hbond substituents is 1. The van der Waals surface area contributed by atoms with Crippen molar-refractivity contribution in [3.63, 3.8) is 0 Å². The van der Waals surface area contributed by atoms with E-state index in [0.717, 1.165) is 6.54 Å². The van der Waals surface area contributed by atoms with Gasteiger partial charge in [0.15, 0.2) is 5.43 Å². The summed E-state index contributed by atoms with van der Waals surface area (Å²) >= 11 is 6.26. The summed E-state index contributed by atoms with van der Waals surface area (Å²) < 4.78 is 6.08. The highest BCUT2D eigenvalue weighted by molar-refractivity contribution is 6.33. The molecule has 27 heavy (non-hydrogen) atoms. The fourth-order valence-electron chi connectivity index (χ4n) is 3.81. The number of likely N-dealkylation sites (tertiary alicyclic amines) is 1. The molecule has 1 aliphatic heterocycles. The van der Waals surface area contributed by atoms with Gasteiger partial charge in [0.25, 0.3) is 0 Å². The minimum absolute atomic E-state index is 0.0237. The molecule has 1 saturated heterocycles. The molecule has 6 heteroatoms. The average molecular weight is 386 g/mol. The van der Waals surface area contributed by atoms with Crippen molar-refractivity contribution in [3.8, 4) is 17.1 Å². The van der Waals surface area contributed by atoms with E-state index in [1.54, 1.807) is 24.3 Å². The predicted molar refractivity (Wildman–Crippen MR) is 105 cm³/mol. The summed E-state index contributed by atoms with van der Waals surface area (Å²) in [7, 11) is 1.94. The van der Waals surface area contributed by atoms with E-state index >= 15 is 0 Å². The van der Waals surface area contributed by atoms with Gasteiger partial charge in [-0.3, -0.25) is 4.79 Å². The third kappa shape index (κ3) is 3.23. The number of nitrogens with zero attached hydrogens (tertiary/aromatic N) is 1. The number of benzene rings is 2. The normalized spacial score (nSPS) is 20.9. The van der Waals surface area contributed by atoms with Crippen LogP contribution in [0.4, 0.5) is 0 Å². The number of hydrogen-bond acceptors (Lipinski definition) is 5. The Morgan fingerprint density at radius 3 is 2.74 bits per heavy atom. The molecular weight excluding hydrogens is 366 g/mol. The molecule has 0 unspecified atom stereocenters. The number of fused-ring (bicyclic) bond motifs is 1. The minimum Gasteiger partial charge on any atom is -0.508 e. The summed E-state index contributed by atoms with van der Waals surface area (Å²) in [5, 5.41) is 22.0. The van der Waals surface area contributed by atoms with Crippen molar-refractivity contribution in [2.75, 3.05) is 20.1 Å². The number of hydrogen-bond donors (Lipinski definition) is 2. The molecule has 1 aromatic heterocycles. The molecule has 4 rings (SSSR count). The second kappa shape index (κ2) is 7.00. The van der Waals surface area contributed by atoms with Crippen LogP contribution in [0.15, 0.2) is 51.7 Å². The largest absolute Gasteiger partial charge is 0.508 e. The van der Waals surface area contributed by atoms with Crippen LogP contribution in [0.3, 0.4) is 0 Å². The van der Waals surface area contributed by atoms with E-state index in [2.05, 4.69) is 0 Å². The highest BCUT2D eigenvalue weighted by atomic mass is 35.5. The minimum atomic E-state index is -0.658. The smallest absolute Gasteiger partial charge is 0.193 e. The number of piperidine rings is 1. The molecule has 3 aromatic rings. The van der Waals surface area contributed by atoms with E-state index in [4.69, 9.17) is 16.0 Å². The monoisotopic (exact) mass is 385 g/mol. The number of aliphatic hydroxyl groups is 1. The Hall–Kier alpha value is -2.34. The molecule has 2 heterocycles. The van der Waals surface area contributed by atoms with E-state index in [1.165, 1.54) is 12.1 Å². The van der Waals surface area contributed by atoms with Crippen molar-refractivity contribution < 1.29 is 14.6 Å². The second-order valence-electron chi connectivity index (χ2n) is 7.05. The van der Waals surface area contributed by atoms with Gasteiger partial charge in [-0.15, -0.1) is 0 Å². The van der Waals surface area contributed by atoms with Crippen LogP contribution in [0.2, 0.25) is 5.02 Å². The summed E-state index contributed by atoms with van der Waals surface area (Å²) in [6.07, 6.45) is -0.000736. The molecule has 2 atom stereocenters. The number of aliphatic hydroxyl groups excluding tert-OH is 1. The fraction of sp³-hybridized carbons (Fsp3) is 0.286. The highest BCUT2D eigenvalue weighted by Crippen LogP contribution is 2.39. The van der Waals surface area contributed by atoms with Crippen LogP contribution in [-0.2, 0) is 0 Å². The first-order chi connectivity index (χ1) is 13.0. The Labute approximate surface area is 161 Å². The Bertz CT molecular complexity index is 1060. The molecule has 0 amide bonds. The molecule has 2 N–H and O–H groups in total. The first kappa shape index (κ1) is 18.0. The van der Waals surface area contributed by atoms with Gasteiger partial charge in [0.2, 0.25) is 0 Å². The SMILES string of the molecule is CN1CC[C@H](c2c(O)ccc3c(=O)cc(-c4ccccc4Cl)oc23)[C@H](O)C1. The summed E-state index contributed by atoms with van der Waals surface area (Å²) in [6.45, 7) is 1.28. The van der Waals surface area contributed by atoms with Gasteiger partial charge in [-0.25, -0.2) is 0 Å². The maximum absolute atomic E-state index is 12.7. The van der Waals surface area contributed by atoms with Gasteiger partial charge in [-0.2, -0.15) is 0 Å². The zero-order chi connectivity index (χ0) is 19.1. The molecule has 0 aliphatic carbocycles. The predicted octanol–water partition coefficient (Wildman–Crippen LogP) is 3.60. The van der Waals surface area contributed by atoms with Crippen LogP contribution in [0.1, 0.15) is 17.9 Å². The van der Waals surface area contributed by atoms with E-state index in [0.29, 0.717) is 45.8 Å². The van der Waals surface area contributed by atoms with Crippen LogP contribution in [0, 0.1) is 0 Å². The van der Waals surface area contributed by atoms with Crippen LogP contribution in [-0.4, -0.2) is 41.4 Å². The Kier molecular flexibility index (Phi) is 4.68. The first-order valence-corrected chi connectivity index (χ1v) is 9.24. The first-order valence-electron chi connectivity index (χ1n) is 8.87. The van der Waals surface area contributed by atoms with E-state index in [9.17, 15) is 15.0 Å². The summed E-state index contributed by atoms with van der Waals surface area (Å²) in [5.74, 6) is 0.0532. The lowest BCUT2D eigenvalue weighted by molar-refractivity contribution is 0.0631. The molecule has 1 fully saturated rings. The third-order valence-electron chi connectivity index (χ3n) is 5.21. The van der Waals surface area contributed by atoms with Crippen LogP contribution in [0.25, 0.3) is 22.3 Å².